The van der Waals surface area contributed by atoms with E-state index in [4.69, 9.17) is 16.3 Å². The first-order valence-corrected chi connectivity index (χ1v) is 8.18. The SMILES string of the molecule is Cc1ccc(C(=O)Nc2cnn(COc3cccc(Cl)c3)c2)c(C)c1. The molecular weight excluding hydrogens is 338 g/mol. The van der Waals surface area contributed by atoms with Crippen LogP contribution in [-0.4, -0.2) is 15.7 Å². The molecule has 1 N–H and O–H groups in total. The number of carbonyl (C=O) groups excluding carboxylic acids is 1. The van der Waals surface area contributed by atoms with E-state index in [1.165, 1.54) is 0 Å². The Bertz CT molecular complexity index is 905. The van der Waals surface area contributed by atoms with Crippen LogP contribution < -0.4 is 10.1 Å². The number of nitrogens with zero attached hydrogens (tertiary/aromatic N) is 2. The summed E-state index contributed by atoms with van der Waals surface area (Å²) in [5, 5.41) is 7.64. The summed E-state index contributed by atoms with van der Waals surface area (Å²) in [6.07, 6.45) is 3.30. The lowest BCUT2D eigenvalue weighted by atomic mass is 10.1. The van der Waals surface area contributed by atoms with Gasteiger partial charge in [0.15, 0.2) is 6.73 Å². The highest BCUT2D eigenvalue weighted by Crippen LogP contribution is 2.18. The second kappa shape index (κ2) is 7.40. The molecule has 5 nitrogen and oxygen atoms in total. The van der Waals surface area contributed by atoms with Crippen molar-refractivity contribution in [3.05, 3.63) is 76.6 Å². The number of hydrogen-bond acceptors (Lipinski definition) is 3. The Balaban J connectivity index is 1.62. The van der Waals surface area contributed by atoms with Crippen LogP contribution >= 0.6 is 11.6 Å². The van der Waals surface area contributed by atoms with E-state index in [0.717, 1.165) is 11.1 Å². The Labute approximate surface area is 151 Å². The first-order chi connectivity index (χ1) is 12.0. The van der Waals surface area contributed by atoms with E-state index < -0.39 is 0 Å². The number of amides is 1. The molecule has 25 heavy (non-hydrogen) atoms. The molecule has 0 saturated heterocycles. The fraction of sp³-hybridized carbons (Fsp3) is 0.158. The van der Waals surface area contributed by atoms with Crippen LogP contribution in [0.4, 0.5) is 5.69 Å². The molecule has 128 valence electrons. The van der Waals surface area contributed by atoms with Crippen molar-refractivity contribution in [2.75, 3.05) is 5.32 Å². The fourth-order valence-electron chi connectivity index (χ4n) is 2.46. The fourth-order valence-corrected chi connectivity index (χ4v) is 2.64. The molecule has 1 amide bonds. The van der Waals surface area contributed by atoms with Crippen molar-refractivity contribution in [2.45, 2.75) is 20.6 Å². The lowest BCUT2D eigenvalue weighted by Gasteiger charge is -2.07. The average Bonchev–Trinajstić information content (AvgIpc) is 3.00. The van der Waals surface area contributed by atoms with Gasteiger partial charge in [-0.25, -0.2) is 4.68 Å². The zero-order valence-corrected chi connectivity index (χ0v) is 14.7. The van der Waals surface area contributed by atoms with E-state index in [0.29, 0.717) is 22.0 Å². The van der Waals surface area contributed by atoms with Crippen molar-refractivity contribution in [1.82, 2.24) is 9.78 Å². The third-order valence-electron chi connectivity index (χ3n) is 3.68. The molecule has 1 heterocycles. The Morgan fingerprint density at radius 1 is 1.24 bits per heavy atom. The van der Waals surface area contributed by atoms with Crippen LogP contribution in [0.5, 0.6) is 5.75 Å². The van der Waals surface area contributed by atoms with Gasteiger partial charge in [0.25, 0.3) is 5.91 Å². The number of aromatic nitrogens is 2. The number of benzene rings is 2. The maximum absolute atomic E-state index is 12.4. The van der Waals surface area contributed by atoms with Gasteiger partial charge >= 0.3 is 0 Å². The molecule has 0 spiro atoms. The van der Waals surface area contributed by atoms with Crippen LogP contribution in [0.3, 0.4) is 0 Å². The van der Waals surface area contributed by atoms with Crippen LogP contribution in [0, 0.1) is 13.8 Å². The van der Waals surface area contributed by atoms with Gasteiger partial charge in [-0.3, -0.25) is 4.79 Å². The predicted molar refractivity (Wildman–Crippen MR) is 98.2 cm³/mol. The molecule has 0 aliphatic carbocycles. The van der Waals surface area contributed by atoms with Crippen LogP contribution in [0.25, 0.3) is 0 Å². The number of hydrogen-bond donors (Lipinski definition) is 1. The summed E-state index contributed by atoms with van der Waals surface area (Å²) in [4.78, 5) is 12.4. The van der Waals surface area contributed by atoms with Gasteiger partial charge < -0.3 is 10.1 Å². The summed E-state index contributed by atoms with van der Waals surface area (Å²) in [5.74, 6) is 0.497. The Morgan fingerprint density at radius 3 is 2.84 bits per heavy atom. The molecular formula is C19H18ClN3O2. The molecule has 6 heteroatoms. The molecule has 0 radical (unpaired) electrons. The minimum atomic E-state index is -0.159. The summed E-state index contributed by atoms with van der Waals surface area (Å²) in [7, 11) is 0. The van der Waals surface area contributed by atoms with Gasteiger partial charge in [-0.05, 0) is 43.7 Å². The molecule has 0 fully saturated rings. The highest BCUT2D eigenvalue weighted by atomic mass is 35.5. The van der Waals surface area contributed by atoms with Gasteiger partial charge in [-0.15, -0.1) is 0 Å². The standard InChI is InChI=1S/C19H18ClN3O2/c1-13-6-7-18(14(2)8-13)19(24)22-16-10-21-23(11-16)12-25-17-5-3-4-15(20)9-17/h3-11H,12H2,1-2H3,(H,22,24). The summed E-state index contributed by atoms with van der Waals surface area (Å²) >= 11 is 5.92. The number of carbonyl (C=O) groups is 1. The Morgan fingerprint density at radius 2 is 2.08 bits per heavy atom. The molecule has 0 saturated carbocycles. The third kappa shape index (κ3) is 4.39. The monoisotopic (exact) mass is 355 g/mol. The minimum absolute atomic E-state index is 0.159. The molecule has 0 atom stereocenters. The zero-order valence-electron chi connectivity index (χ0n) is 14.0. The molecule has 0 unspecified atom stereocenters. The number of ether oxygens (including phenoxy) is 1. The quantitative estimate of drug-likeness (QED) is 0.736. The maximum Gasteiger partial charge on any atom is 0.256 e. The van der Waals surface area contributed by atoms with E-state index >= 15 is 0 Å². The van der Waals surface area contributed by atoms with Crippen LogP contribution in [0.15, 0.2) is 54.9 Å². The third-order valence-corrected chi connectivity index (χ3v) is 3.91. The van der Waals surface area contributed by atoms with Crippen molar-refractivity contribution in [1.29, 1.82) is 0 Å². The summed E-state index contributed by atoms with van der Waals surface area (Å²) in [6.45, 7) is 4.14. The molecule has 0 bridgehead atoms. The normalized spacial score (nSPS) is 10.5. The molecule has 0 aliphatic rings. The highest BCUT2D eigenvalue weighted by molar-refractivity contribution is 6.30. The van der Waals surface area contributed by atoms with Crippen molar-refractivity contribution in [3.8, 4) is 5.75 Å². The van der Waals surface area contributed by atoms with E-state index in [9.17, 15) is 4.79 Å². The molecule has 3 rings (SSSR count). The van der Waals surface area contributed by atoms with Crippen molar-refractivity contribution in [2.24, 2.45) is 0 Å². The number of nitrogens with one attached hydrogen (secondary N) is 1. The molecule has 2 aromatic carbocycles. The number of halogens is 1. The van der Waals surface area contributed by atoms with Gasteiger partial charge in [0.1, 0.15) is 5.75 Å². The van der Waals surface area contributed by atoms with Gasteiger partial charge in [0, 0.05) is 10.6 Å². The lowest BCUT2D eigenvalue weighted by molar-refractivity contribution is 0.102. The Hall–Kier alpha value is -2.79. The highest BCUT2D eigenvalue weighted by Gasteiger charge is 2.10. The van der Waals surface area contributed by atoms with E-state index in [1.807, 2.05) is 44.2 Å². The van der Waals surface area contributed by atoms with Crippen LogP contribution in [0.2, 0.25) is 5.02 Å². The zero-order chi connectivity index (χ0) is 17.8. The Kier molecular flexibility index (Phi) is 5.05. The first-order valence-electron chi connectivity index (χ1n) is 7.81. The topological polar surface area (TPSA) is 56.2 Å². The van der Waals surface area contributed by atoms with Gasteiger partial charge in [-0.2, -0.15) is 5.10 Å². The molecule has 1 aromatic heterocycles. The minimum Gasteiger partial charge on any atom is -0.471 e. The summed E-state index contributed by atoms with van der Waals surface area (Å²) in [5.41, 5.74) is 3.32. The first kappa shape index (κ1) is 17.0. The van der Waals surface area contributed by atoms with Gasteiger partial charge in [-0.1, -0.05) is 35.4 Å². The van der Waals surface area contributed by atoms with Crippen molar-refractivity contribution in [3.63, 3.8) is 0 Å². The van der Waals surface area contributed by atoms with Gasteiger partial charge in [0.05, 0.1) is 18.1 Å². The second-order valence-corrected chi connectivity index (χ2v) is 6.21. The maximum atomic E-state index is 12.4. The smallest absolute Gasteiger partial charge is 0.256 e. The largest absolute Gasteiger partial charge is 0.471 e. The van der Waals surface area contributed by atoms with E-state index in [-0.39, 0.29) is 12.6 Å². The summed E-state index contributed by atoms with van der Waals surface area (Å²) < 4.78 is 7.21. The predicted octanol–water partition coefficient (Wildman–Crippen LogP) is 4.44. The second-order valence-electron chi connectivity index (χ2n) is 5.77. The van der Waals surface area contributed by atoms with E-state index in [2.05, 4.69) is 10.4 Å². The van der Waals surface area contributed by atoms with Crippen LogP contribution in [-0.2, 0) is 6.73 Å². The number of aryl methyl sites for hydroxylation is 2. The van der Waals surface area contributed by atoms with Crippen LogP contribution in [0.1, 0.15) is 21.5 Å². The van der Waals surface area contributed by atoms with Crippen molar-refractivity contribution < 1.29 is 9.53 Å². The molecule has 3 aromatic rings. The average molecular weight is 356 g/mol. The number of anilines is 1. The van der Waals surface area contributed by atoms with Gasteiger partial charge in [0.2, 0.25) is 0 Å². The molecule has 0 aliphatic heterocycles. The van der Waals surface area contributed by atoms with Crippen molar-refractivity contribution >= 4 is 23.2 Å². The summed E-state index contributed by atoms with van der Waals surface area (Å²) in [6, 6.07) is 12.9. The number of rotatable bonds is 5. The lowest BCUT2D eigenvalue weighted by Crippen LogP contribution is -2.13. The van der Waals surface area contributed by atoms with E-state index in [1.54, 1.807) is 29.2 Å².